The Morgan fingerprint density at radius 3 is 2.33 bits per heavy atom. The second kappa shape index (κ2) is 18.4. The number of hydrogen-bond donors (Lipinski definition) is 3. The van der Waals surface area contributed by atoms with Crippen molar-refractivity contribution in [2.75, 3.05) is 47.0 Å². The molecule has 11 nitrogen and oxygen atoms in total. The van der Waals surface area contributed by atoms with E-state index in [1.165, 1.54) is 7.11 Å². The lowest BCUT2D eigenvalue weighted by atomic mass is 9.79. The molecule has 4 rings (SSSR count). The molecule has 266 valence electrons. The molecule has 0 aromatic heterocycles. The first-order valence-corrected chi connectivity index (χ1v) is 17.0. The van der Waals surface area contributed by atoms with Crippen LogP contribution in [0.25, 0.3) is 0 Å². The van der Waals surface area contributed by atoms with E-state index in [1.807, 2.05) is 38.1 Å². The number of aliphatic hydroxyl groups excluding tert-OH is 1. The molecule has 2 aromatic carbocycles. The zero-order valence-corrected chi connectivity index (χ0v) is 29.8. The van der Waals surface area contributed by atoms with Gasteiger partial charge in [0.2, 0.25) is 11.8 Å². The molecule has 2 atom stereocenters. The molecule has 2 aliphatic rings. The standard InChI is InChI=1S/C36H52N4O7.ClH/c1-6-9-19-40-34(43)31(32(41)26(7-2)8-3)38-35(44)36(40)16-20-39(21-17-36)24-25-10-13-28(14-11-25)47-29-15-12-27(23-30(29)46-5)33(42)37-18-22-45-4;/h10-15,23,26,31-32,41H,6-9,16-22,24H2,1-5H3,(H,37,42)(H,38,44);1H/t31-,32-;/m1./s1. The Bertz CT molecular complexity index is 1350. The predicted molar refractivity (Wildman–Crippen MR) is 187 cm³/mol. The van der Waals surface area contributed by atoms with Crippen molar-refractivity contribution in [3.8, 4) is 17.2 Å². The van der Waals surface area contributed by atoms with E-state index in [1.54, 1.807) is 30.2 Å². The van der Waals surface area contributed by atoms with Gasteiger partial charge >= 0.3 is 0 Å². The lowest BCUT2D eigenvalue weighted by molar-refractivity contribution is -0.165. The number of nitrogens with one attached hydrogen (secondary N) is 2. The fourth-order valence-corrected chi connectivity index (χ4v) is 6.64. The fraction of sp³-hybridized carbons (Fsp3) is 0.583. The molecule has 0 saturated carbocycles. The molecule has 2 aliphatic heterocycles. The molecule has 0 unspecified atom stereocenters. The van der Waals surface area contributed by atoms with Crippen molar-refractivity contribution in [3.05, 3.63) is 53.6 Å². The van der Waals surface area contributed by atoms with Gasteiger partial charge < -0.3 is 34.9 Å². The number of piperidine rings is 1. The number of aliphatic hydroxyl groups is 1. The van der Waals surface area contributed by atoms with Gasteiger partial charge in [-0.25, -0.2) is 0 Å². The van der Waals surface area contributed by atoms with Gasteiger partial charge in [-0.2, -0.15) is 0 Å². The van der Waals surface area contributed by atoms with E-state index in [9.17, 15) is 19.5 Å². The number of carbonyl (C=O) groups is 3. The van der Waals surface area contributed by atoms with E-state index in [2.05, 4.69) is 22.5 Å². The van der Waals surface area contributed by atoms with Gasteiger partial charge in [0.15, 0.2) is 11.5 Å². The highest BCUT2D eigenvalue weighted by atomic mass is 35.5. The Morgan fingerprint density at radius 1 is 1.04 bits per heavy atom. The van der Waals surface area contributed by atoms with Crippen molar-refractivity contribution < 1.29 is 33.7 Å². The van der Waals surface area contributed by atoms with Gasteiger partial charge in [-0.15, -0.1) is 12.4 Å². The van der Waals surface area contributed by atoms with Crippen molar-refractivity contribution in [2.24, 2.45) is 5.92 Å². The van der Waals surface area contributed by atoms with Gasteiger partial charge in [0.05, 0.1) is 19.8 Å². The van der Waals surface area contributed by atoms with Crippen molar-refractivity contribution in [1.82, 2.24) is 20.4 Å². The van der Waals surface area contributed by atoms with Crippen LogP contribution in [0, 0.1) is 5.92 Å². The maximum Gasteiger partial charge on any atom is 0.251 e. The minimum absolute atomic E-state index is 0. The van der Waals surface area contributed by atoms with E-state index >= 15 is 0 Å². The Balaban J connectivity index is 0.00000625. The number of ether oxygens (including phenoxy) is 3. The van der Waals surface area contributed by atoms with Crippen LogP contribution in [0.1, 0.15) is 75.2 Å². The Morgan fingerprint density at radius 2 is 1.73 bits per heavy atom. The number of piperazine rings is 1. The van der Waals surface area contributed by atoms with Gasteiger partial charge in [0.1, 0.15) is 17.3 Å². The molecule has 3 amide bonds. The summed E-state index contributed by atoms with van der Waals surface area (Å²) in [5.74, 6) is 1.03. The maximum atomic E-state index is 13.8. The van der Waals surface area contributed by atoms with Crippen LogP contribution in [0.4, 0.5) is 0 Å². The number of nitrogens with zero attached hydrogens (tertiary/aromatic N) is 2. The average Bonchev–Trinajstić information content (AvgIpc) is 3.08. The number of likely N-dealkylation sites (tertiary alicyclic amines) is 1. The topological polar surface area (TPSA) is 130 Å². The highest BCUT2D eigenvalue weighted by Gasteiger charge is 2.55. The van der Waals surface area contributed by atoms with Crippen LogP contribution < -0.4 is 20.1 Å². The number of amides is 3. The Labute approximate surface area is 291 Å². The molecular formula is C36H53ClN4O7. The molecule has 3 N–H and O–H groups in total. The van der Waals surface area contributed by atoms with Gasteiger partial charge in [0.25, 0.3) is 5.91 Å². The number of carbonyl (C=O) groups excluding carboxylic acids is 3. The van der Waals surface area contributed by atoms with Crippen molar-refractivity contribution in [1.29, 1.82) is 0 Å². The molecule has 0 bridgehead atoms. The molecule has 48 heavy (non-hydrogen) atoms. The van der Waals surface area contributed by atoms with Crippen molar-refractivity contribution >= 4 is 30.1 Å². The minimum Gasteiger partial charge on any atom is -0.493 e. The van der Waals surface area contributed by atoms with E-state index in [-0.39, 0.29) is 36.0 Å². The molecule has 12 heteroatoms. The molecule has 2 aromatic rings. The van der Waals surface area contributed by atoms with Crippen LogP contribution in [0.5, 0.6) is 17.2 Å². The third-order valence-corrected chi connectivity index (χ3v) is 9.62. The summed E-state index contributed by atoms with van der Waals surface area (Å²) in [6.07, 6.45) is 3.42. The smallest absolute Gasteiger partial charge is 0.251 e. The minimum atomic E-state index is -0.895. The first-order chi connectivity index (χ1) is 22.7. The van der Waals surface area contributed by atoms with Crippen LogP contribution in [-0.4, -0.2) is 97.3 Å². The molecule has 2 fully saturated rings. The SMILES string of the molecule is CCCCN1C(=O)[C@@H]([C@H](O)C(CC)CC)NC(=O)C12CCN(Cc1ccc(Oc3ccc(C(=O)NCCOC)cc3OC)cc1)CC2.Cl. The first kappa shape index (κ1) is 39.1. The van der Waals surface area contributed by atoms with Crippen LogP contribution in [0.2, 0.25) is 0 Å². The first-order valence-electron chi connectivity index (χ1n) is 17.0. The van der Waals surface area contributed by atoms with E-state index in [0.29, 0.717) is 75.0 Å². The third-order valence-electron chi connectivity index (χ3n) is 9.62. The van der Waals surface area contributed by atoms with Crippen LogP contribution >= 0.6 is 12.4 Å². The Kier molecular flexibility index (Phi) is 15.0. The number of unbranched alkanes of at least 4 members (excludes halogenated alkanes) is 1. The highest BCUT2D eigenvalue weighted by Crippen LogP contribution is 2.36. The molecule has 0 aliphatic carbocycles. The number of benzene rings is 2. The third kappa shape index (κ3) is 8.99. The normalized spacial score (nSPS) is 18.3. The summed E-state index contributed by atoms with van der Waals surface area (Å²) in [5.41, 5.74) is 0.680. The van der Waals surface area contributed by atoms with Crippen molar-refractivity contribution in [3.63, 3.8) is 0 Å². The summed E-state index contributed by atoms with van der Waals surface area (Å²) < 4.78 is 16.6. The zero-order valence-electron chi connectivity index (χ0n) is 29.0. The Hall–Kier alpha value is -3.38. The van der Waals surface area contributed by atoms with Crippen LogP contribution in [-0.2, 0) is 20.9 Å². The second-order valence-corrected chi connectivity index (χ2v) is 12.5. The van der Waals surface area contributed by atoms with Gasteiger partial charge in [-0.1, -0.05) is 52.2 Å². The summed E-state index contributed by atoms with van der Waals surface area (Å²) >= 11 is 0. The number of hydrogen-bond acceptors (Lipinski definition) is 8. The number of methoxy groups -OCH3 is 2. The monoisotopic (exact) mass is 688 g/mol. The summed E-state index contributed by atoms with van der Waals surface area (Å²) in [6.45, 7) is 9.49. The molecular weight excluding hydrogens is 636 g/mol. The second-order valence-electron chi connectivity index (χ2n) is 12.5. The molecule has 1 spiro atoms. The fourth-order valence-electron chi connectivity index (χ4n) is 6.64. The molecule has 2 heterocycles. The lowest BCUT2D eigenvalue weighted by Gasteiger charge is -2.52. The van der Waals surface area contributed by atoms with E-state index in [0.717, 1.165) is 31.2 Å². The molecule has 0 radical (unpaired) electrons. The average molecular weight is 689 g/mol. The van der Waals surface area contributed by atoms with Crippen LogP contribution in [0.3, 0.4) is 0 Å². The largest absolute Gasteiger partial charge is 0.493 e. The highest BCUT2D eigenvalue weighted by molar-refractivity contribution is 6.00. The van der Waals surface area contributed by atoms with E-state index in [4.69, 9.17) is 14.2 Å². The summed E-state index contributed by atoms with van der Waals surface area (Å²) in [6, 6.07) is 12.0. The quantitative estimate of drug-likeness (QED) is 0.219. The lowest BCUT2D eigenvalue weighted by Crippen LogP contribution is -2.75. The molecule has 2 saturated heterocycles. The zero-order chi connectivity index (χ0) is 34.0. The predicted octanol–water partition coefficient (Wildman–Crippen LogP) is 4.54. The number of rotatable bonds is 16. The number of halogens is 1. The van der Waals surface area contributed by atoms with Gasteiger partial charge in [-0.05, 0) is 61.1 Å². The van der Waals surface area contributed by atoms with Crippen molar-refractivity contribution in [2.45, 2.75) is 83.5 Å². The van der Waals surface area contributed by atoms with Gasteiger partial charge in [0, 0.05) is 45.4 Å². The summed E-state index contributed by atoms with van der Waals surface area (Å²) in [5, 5.41) is 16.8. The van der Waals surface area contributed by atoms with E-state index < -0.39 is 17.7 Å². The summed E-state index contributed by atoms with van der Waals surface area (Å²) in [7, 11) is 3.12. The van der Waals surface area contributed by atoms with Gasteiger partial charge in [-0.3, -0.25) is 19.3 Å². The van der Waals surface area contributed by atoms with Crippen LogP contribution in [0.15, 0.2) is 42.5 Å². The summed E-state index contributed by atoms with van der Waals surface area (Å²) in [4.78, 5) is 44.0. The maximum absolute atomic E-state index is 13.8.